The summed E-state index contributed by atoms with van der Waals surface area (Å²) < 4.78 is 5.77. The molecule has 1 aliphatic heterocycles. The third kappa shape index (κ3) is 6.07. The first-order valence-electron chi connectivity index (χ1n) is 9.36. The number of aryl methyl sites for hydroxylation is 1. The van der Waals surface area contributed by atoms with Gasteiger partial charge >= 0.3 is 0 Å². The van der Waals surface area contributed by atoms with Crippen molar-refractivity contribution in [2.45, 2.75) is 38.9 Å². The highest BCUT2D eigenvalue weighted by molar-refractivity contribution is 5.85. The Morgan fingerprint density at radius 2 is 1.86 bits per heavy atom. The largest absolute Gasteiger partial charge is 0.441 e. The maximum absolute atomic E-state index is 12.1. The SMILES string of the molecule is Cl.Cl.O=C(CCCc1ncc(-c2ccccc2)o1)NCc1ccc2c(c1)CNC2. The van der Waals surface area contributed by atoms with Crippen LogP contribution in [0.5, 0.6) is 0 Å². The van der Waals surface area contributed by atoms with Gasteiger partial charge in [-0.15, -0.1) is 24.8 Å². The lowest BCUT2D eigenvalue weighted by Gasteiger charge is -2.07. The maximum Gasteiger partial charge on any atom is 0.220 e. The first-order valence-corrected chi connectivity index (χ1v) is 9.36. The summed E-state index contributed by atoms with van der Waals surface area (Å²) in [7, 11) is 0. The molecule has 2 heterocycles. The number of carbonyl (C=O) groups excluding carboxylic acids is 1. The van der Waals surface area contributed by atoms with Gasteiger partial charge in [-0.05, 0) is 23.1 Å². The number of halogens is 2. The smallest absolute Gasteiger partial charge is 0.220 e. The van der Waals surface area contributed by atoms with Crippen LogP contribution in [0, 0.1) is 0 Å². The van der Waals surface area contributed by atoms with E-state index in [-0.39, 0.29) is 30.7 Å². The summed E-state index contributed by atoms with van der Waals surface area (Å²) in [4.78, 5) is 16.4. The van der Waals surface area contributed by atoms with Gasteiger partial charge in [0.05, 0.1) is 6.20 Å². The van der Waals surface area contributed by atoms with Crippen LogP contribution in [0.15, 0.2) is 59.1 Å². The van der Waals surface area contributed by atoms with Gasteiger partial charge in [0.15, 0.2) is 11.7 Å². The molecule has 0 atom stereocenters. The predicted octanol–water partition coefficient (Wildman–Crippen LogP) is 4.43. The number of aromatic nitrogens is 1. The van der Waals surface area contributed by atoms with Crippen LogP contribution in [0.3, 0.4) is 0 Å². The fraction of sp³-hybridized carbons (Fsp3) is 0.273. The average molecular weight is 434 g/mol. The van der Waals surface area contributed by atoms with Crippen molar-refractivity contribution in [3.63, 3.8) is 0 Å². The van der Waals surface area contributed by atoms with Crippen molar-refractivity contribution in [3.8, 4) is 11.3 Å². The summed E-state index contributed by atoms with van der Waals surface area (Å²) in [6.45, 7) is 2.43. The Bertz CT molecular complexity index is 929. The van der Waals surface area contributed by atoms with E-state index in [0.717, 1.165) is 30.0 Å². The van der Waals surface area contributed by atoms with Gasteiger partial charge in [0.2, 0.25) is 5.91 Å². The van der Waals surface area contributed by atoms with E-state index in [1.165, 1.54) is 11.1 Å². The van der Waals surface area contributed by atoms with Crippen molar-refractivity contribution >= 4 is 30.7 Å². The van der Waals surface area contributed by atoms with E-state index in [1.807, 2.05) is 30.3 Å². The highest BCUT2D eigenvalue weighted by atomic mass is 35.5. The van der Waals surface area contributed by atoms with E-state index in [4.69, 9.17) is 4.42 Å². The fourth-order valence-corrected chi connectivity index (χ4v) is 3.31. The van der Waals surface area contributed by atoms with Gasteiger partial charge in [-0.1, -0.05) is 48.5 Å². The Morgan fingerprint density at radius 3 is 2.69 bits per heavy atom. The summed E-state index contributed by atoms with van der Waals surface area (Å²) >= 11 is 0. The lowest BCUT2D eigenvalue weighted by Crippen LogP contribution is -2.22. The van der Waals surface area contributed by atoms with Crippen molar-refractivity contribution in [1.29, 1.82) is 0 Å². The second-order valence-corrected chi connectivity index (χ2v) is 6.82. The Labute approximate surface area is 183 Å². The quantitative estimate of drug-likeness (QED) is 0.578. The van der Waals surface area contributed by atoms with Gasteiger partial charge in [0.25, 0.3) is 0 Å². The van der Waals surface area contributed by atoms with Crippen molar-refractivity contribution in [2.75, 3.05) is 0 Å². The number of hydrogen-bond donors (Lipinski definition) is 2. The Balaban J connectivity index is 0.00000150. The zero-order valence-corrected chi connectivity index (χ0v) is 17.7. The molecule has 154 valence electrons. The lowest BCUT2D eigenvalue weighted by molar-refractivity contribution is -0.121. The Hall–Kier alpha value is -2.34. The van der Waals surface area contributed by atoms with Crippen molar-refractivity contribution in [1.82, 2.24) is 15.6 Å². The molecule has 0 bridgehead atoms. The highest BCUT2D eigenvalue weighted by Gasteiger charge is 2.11. The van der Waals surface area contributed by atoms with Crippen LogP contribution < -0.4 is 10.6 Å². The molecule has 2 aromatic carbocycles. The second-order valence-electron chi connectivity index (χ2n) is 6.82. The van der Waals surface area contributed by atoms with E-state index in [0.29, 0.717) is 31.7 Å². The zero-order chi connectivity index (χ0) is 18.5. The summed E-state index contributed by atoms with van der Waals surface area (Å²) in [5.74, 6) is 1.50. The summed E-state index contributed by atoms with van der Waals surface area (Å²) in [5.41, 5.74) is 4.84. The molecule has 0 spiro atoms. The third-order valence-corrected chi connectivity index (χ3v) is 4.80. The summed E-state index contributed by atoms with van der Waals surface area (Å²) in [6, 6.07) is 16.3. The first kappa shape index (κ1) is 22.9. The topological polar surface area (TPSA) is 67.2 Å². The molecular weight excluding hydrogens is 409 g/mol. The zero-order valence-electron chi connectivity index (χ0n) is 16.0. The molecule has 2 N–H and O–H groups in total. The van der Waals surface area contributed by atoms with Crippen molar-refractivity contribution in [3.05, 3.63) is 77.3 Å². The Kier molecular flexibility index (Phi) is 8.70. The molecule has 0 saturated heterocycles. The lowest BCUT2D eigenvalue weighted by atomic mass is 10.1. The number of amides is 1. The van der Waals surface area contributed by atoms with E-state index in [2.05, 4.69) is 33.8 Å². The number of nitrogens with zero attached hydrogens (tertiary/aromatic N) is 1. The fourth-order valence-electron chi connectivity index (χ4n) is 3.31. The molecular formula is C22H25Cl2N3O2. The standard InChI is InChI=1S/C22H23N3O2.2ClH/c26-21(24-12-16-9-10-18-13-23-14-19(18)11-16)7-4-8-22-25-15-20(27-22)17-5-2-1-3-6-17;;/h1-3,5-6,9-11,15,23H,4,7-8,12-14H2,(H,24,26);2*1H. The number of fused-ring (bicyclic) bond motifs is 1. The van der Waals surface area contributed by atoms with E-state index < -0.39 is 0 Å². The van der Waals surface area contributed by atoms with E-state index in [9.17, 15) is 4.79 Å². The van der Waals surface area contributed by atoms with Crippen LogP contribution in [-0.4, -0.2) is 10.9 Å². The summed E-state index contributed by atoms with van der Waals surface area (Å²) in [5, 5.41) is 6.33. The molecule has 1 amide bonds. The van der Waals surface area contributed by atoms with Gasteiger partial charge in [-0.2, -0.15) is 0 Å². The molecule has 0 radical (unpaired) electrons. The molecule has 3 aromatic rings. The molecule has 7 heteroatoms. The molecule has 4 rings (SSSR count). The number of hydrogen-bond acceptors (Lipinski definition) is 4. The minimum Gasteiger partial charge on any atom is -0.441 e. The van der Waals surface area contributed by atoms with Crippen LogP contribution in [0.4, 0.5) is 0 Å². The third-order valence-electron chi connectivity index (χ3n) is 4.80. The summed E-state index contributed by atoms with van der Waals surface area (Å²) in [6.07, 6.45) is 3.59. The molecule has 0 aliphatic carbocycles. The highest BCUT2D eigenvalue weighted by Crippen LogP contribution is 2.20. The van der Waals surface area contributed by atoms with E-state index >= 15 is 0 Å². The molecule has 29 heavy (non-hydrogen) atoms. The van der Waals surface area contributed by atoms with Crippen molar-refractivity contribution in [2.24, 2.45) is 0 Å². The number of benzene rings is 2. The Morgan fingerprint density at radius 1 is 1.07 bits per heavy atom. The van der Waals surface area contributed by atoms with Gasteiger partial charge < -0.3 is 15.1 Å². The molecule has 0 saturated carbocycles. The van der Waals surface area contributed by atoms with Crippen LogP contribution in [-0.2, 0) is 30.8 Å². The van der Waals surface area contributed by atoms with Crippen LogP contribution in [0.1, 0.15) is 35.4 Å². The average Bonchev–Trinajstić information content (AvgIpc) is 3.36. The first-order chi connectivity index (χ1) is 13.3. The van der Waals surface area contributed by atoms with Gasteiger partial charge in [0.1, 0.15) is 0 Å². The number of carbonyl (C=O) groups is 1. The number of rotatable bonds is 7. The van der Waals surface area contributed by atoms with E-state index in [1.54, 1.807) is 6.20 Å². The normalized spacial score (nSPS) is 11.9. The molecule has 1 aromatic heterocycles. The minimum absolute atomic E-state index is 0. The minimum atomic E-state index is 0. The monoisotopic (exact) mass is 433 g/mol. The number of nitrogens with one attached hydrogen (secondary N) is 2. The molecule has 0 fully saturated rings. The van der Waals surface area contributed by atoms with Crippen LogP contribution >= 0.6 is 24.8 Å². The van der Waals surface area contributed by atoms with Crippen molar-refractivity contribution < 1.29 is 9.21 Å². The number of oxazole rings is 1. The maximum atomic E-state index is 12.1. The van der Waals surface area contributed by atoms with Crippen LogP contribution in [0.25, 0.3) is 11.3 Å². The second kappa shape index (κ2) is 11.0. The molecule has 5 nitrogen and oxygen atoms in total. The predicted molar refractivity (Wildman–Crippen MR) is 118 cm³/mol. The van der Waals surface area contributed by atoms with Gasteiger partial charge in [-0.3, -0.25) is 4.79 Å². The van der Waals surface area contributed by atoms with Crippen LogP contribution in [0.2, 0.25) is 0 Å². The molecule has 0 unspecified atom stereocenters. The van der Waals surface area contributed by atoms with Gasteiger partial charge in [0, 0.05) is 38.0 Å². The molecule has 1 aliphatic rings. The van der Waals surface area contributed by atoms with Gasteiger partial charge in [-0.25, -0.2) is 4.98 Å².